The van der Waals surface area contributed by atoms with Gasteiger partial charge in [0.1, 0.15) is 53.0 Å². The number of benzene rings is 3. The molecule has 9 heteroatoms. The number of hydrogen-bond donors (Lipinski definition) is 0. The van der Waals surface area contributed by atoms with Crippen LogP contribution in [0.15, 0.2) is 92.2 Å². The molecule has 0 amide bonds. The van der Waals surface area contributed by atoms with Crippen LogP contribution in [0.3, 0.4) is 0 Å². The van der Waals surface area contributed by atoms with Gasteiger partial charge in [0.05, 0.1) is 5.41 Å². The Kier molecular flexibility index (Phi) is 8.09. The van der Waals surface area contributed by atoms with Crippen LogP contribution >= 0.6 is 0 Å². The molecular formula is C33H24BF8-. The van der Waals surface area contributed by atoms with Crippen LogP contribution in [-0.4, -0.2) is 12.3 Å². The number of allylic oxidation sites excluding steroid dienone is 5. The minimum atomic E-state index is -3.50. The maximum atomic E-state index is 15.7. The van der Waals surface area contributed by atoms with Crippen LogP contribution in [0.4, 0.5) is 35.1 Å². The smallest absolute Gasteiger partial charge is 0.131 e. The first-order chi connectivity index (χ1) is 19.8. The molecule has 1 aliphatic carbocycles. The topological polar surface area (TPSA) is 0 Å². The van der Waals surface area contributed by atoms with E-state index in [4.69, 9.17) is 0 Å². The summed E-state index contributed by atoms with van der Waals surface area (Å²) in [5.41, 5.74) is -5.22. The van der Waals surface area contributed by atoms with Gasteiger partial charge in [0.25, 0.3) is 0 Å². The summed E-state index contributed by atoms with van der Waals surface area (Å²) in [6.07, 6.45) is -0.285. The van der Waals surface area contributed by atoms with E-state index in [-0.39, 0.29) is 5.47 Å². The van der Waals surface area contributed by atoms with Crippen LogP contribution in [0.25, 0.3) is 18.2 Å². The molecule has 0 heterocycles. The maximum Gasteiger partial charge on any atom is 0.131 e. The molecule has 4 rings (SSSR count). The highest BCUT2D eigenvalue weighted by Crippen LogP contribution is 2.42. The molecule has 0 N–H and O–H groups in total. The van der Waals surface area contributed by atoms with Crippen molar-refractivity contribution in [1.82, 2.24) is 0 Å². The lowest BCUT2D eigenvalue weighted by atomic mass is 9.12. The summed E-state index contributed by atoms with van der Waals surface area (Å²) in [6, 6.07) is 4.64. The monoisotopic (exact) mass is 583 g/mol. The van der Waals surface area contributed by atoms with Crippen LogP contribution < -0.4 is 16.4 Å². The zero-order chi connectivity index (χ0) is 31.1. The first-order valence-electron chi connectivity index (χ1n) is 12.7. The minimum absolute atomic E-state index is 0.389. The molecule has 0 radical (unpaired) electrons. The first-order valence-corrected chi connectivity index (χ1v) is 12.7. The Balaban J connectivity index is 2.32. The fraction of sp³-hybridized carbons (Fsp3) is 0.0909. The molecule has 0 saturated carbocycles. The van der Waals surface area contributed by atoms with Gasteiger partial charge in [-0.2, -0.15) is 21.9 Å². The molecule has 0 aromatic heterocycles. The van der Waals surface area contributed by atoms with Crippen molar-refractivity contribution in [1.29, 1.82) is 0 Å². The molecular weight excluding hydrogens is 559 g/mol. The van der Waals surface area contributed by atoms with Crippen molar-refractivity contribution in [3.05, 3.63) is 144 Å². The molecule has 3 aromatic rings. The molecule has 0 saturated heterocycles. The number of rotatable bonds is 8. The van der Waals surface area contributed by atoms with E-state index in [0.29, 0.717) is 0 Å². The highest BCUT2D eigenvalue weighted by molar-refractivity contribution is 7.16. The third kappa shape index (κ3) is 4.57. The minimum Gasteiger partial charge on any atom is -0.242 e. The molecule has 0 aliphatic heterocycles. The van der Waals surface area contributed by atoms with Crippen molar-refractivity contribution in [2.75, 3.05) is 0 Å². The van der Waals surface area contributed by atoms with Crippen LogP contribution in [-0.2, 0) is 0 Å². The SMILES string of the molecule is C=Cc1c(F)cc([B-](C2=CC(F)C(C)(C=C)C(F)=C2)(c2cc(F)c(C=C)c(F)c2)c2cc(F)c(C=C)c(F)c2)cc1F. The van der Waals surface area contributed by atoms with Crippen LogP contribution in [0.2, 0.25) is 0 Å². The normalized spacial score (nSPS) is 18.6. The van der Waals surface area contributed by atoms with E-state index in [9.17, 15) is 0 Å². The second kappa shape index (κ2) is 11.1. The summed E-state index contributed by atoms with van der Waals surface area (Å²) in [5, 5.41) is 0. The van der Waals surface area contributed by atoms with E-state index in [1.54, 1.807) is 0 Å². The van der Waals surface area contributed by atoms with Gasteiger partial charge in [0.15, 0.2) is 0 Å². The van der Waals surface area contributed by atoms with Crippen molar-refractivity contribution < 1.29 is 35.1 Å². The van der Waals surface area contributed by atoms with E-state index < -0.39 is 91.5 Å². The van der Waals surface area contributed by atoms with Gasteiger partial charge in [-0.3, -0.25) is 0 Å². The fourth-order valence-electron chi connectivity index (χ4n) is 5.60. The summed E-state index contributed by atoms with van der Waals surface area (Å²) in [5.74, 6) is -8.22. The predicted molar refractivity (Wildman–Crippen MR) is 154 cm³/mol. The molecule has 42 heavy (non-hydrogen) atoms. The molecule has 1 aliphatic rings. The predicted octanol–water partition coefficient (Wildman–Crippen LogP) is 7.78. The van der Waals surface area contributed by atoms with Gasteiger partial charge in [-0.25, -0.2) is 35.1 Å². The van der Waals surface area contributed by atoms with Crippen molar-refractivity contribution in [3.8, 4) is 0 Å². The van der Waals surface area contributed by atoms with Crippen LogP contribution in [0, 0.1) is 40.3 Å². The lowest BCUT2D eigenvalue weighted by molar-refractivity contribution is 0.221. The van der Waals surface area contributed by atoms with Gasteiger partial charge in [-0.05, 0) is 6.92 Å². The molecule has 0 nitrogen and oxygen atoms in total. The molecule has 216 valence electrons. The van der Waals surface area contributed by atoms with Gasteiger partial charge in [0.2, 0.25) is 0 Å². The van der Waals surface area contributed by atoms with Crippen molar-refractivity contribution in [2.45, 2.75) is 13.1 Å². The second-order valence-electron chi connectivity index (χ2n) is 10.2. The lowest BCUT2D eigenvalue weighted by Crippen LogP contribution is -2.69. The Hall–Kier alpha value is -4.40. The number of halogens is 8. The summed E-state index contributed by atoms with van der Waals surface area (Å²) in [4.78, 5) is 0. The molecule has 0 bridgehead atoms. The zero-order valence-corrected chi connectivity index (χ0v) is 22.4. The van der Waals surface area contributed by atoms with Crippen molar-refractivity contribution >= 4 is 40.8 Å². The molecule has 0 fully saturated rings. The Morgan fingerprint density at radius 3 is 1.17 bits per heavy atom. The second-order valence-corrected chi connectivity index (χ2v) is 10.2. The van der Waals surface area contributed by atoms with Gasteiger partial charge in [-0.15, -0.1) is 6.58 Å². The standard InChI is InChI=1S/C33H24BF8/c1-6-22-25(35)10-18(11-26(22)36)34(19-12-27(37)23(7-2)28(38)13-19,20-14-29(39)24(8-3)30(40)15-20)21-16-31(41)33(5,9-4)32(42)17-21/h6-17,31H,1-4H2,5H3/q-1. The molecule has 3 aromatic carbocycles. The van der Waals surface area contributed by atoms with E-state index in [1.807, 2.05) is 0 Å². The molecule has 0 spiro atoms. The quantitative estimate of drug-likeness (QED) is 0.144. The van der Waals surface area contributed by atoms with Crippen LogP contribution in [0.1, 0.15) is 23.6 Å². The summed E-state index contributed by atoms with van der Waals surface area (Å²) in [7, 11) is 0. The highest BCUT2D eigenvalue weighted by Gasteiger charge is 2.43. The zero-order valence-electron chi connectivity index (χ0n) is 22.4. The third-order valence-electron chi connectivity index (χ3n) is 8.06. The van der Waals surface area contributed by atoms with E-state index in [2.05, 4.69) is 26.3 Å². The third-order valence-corrected chi connectivity index (χ3v) is 8.06. The van der Waals surface area contributed by atoms with Crippen molar-refractivity contribution in [2.24, 2.45) is 5.41 Å². The molecule has 2 atom stereocenters. The average molecular weight is 583 g/mol. The van der Waals surface area contributed by atoms with Crippen LogP contribution in [0.5, 0.6) is 0 Å². The van der Waals surface area contributed by atoms with Gasteiger partial charge >= 0.3 is 0 Å². The Bertz CT molecular complexity index is 1490. The summed E-state index contributed by atoms with van der Waals surface area (Å²) < 4.78 is 123. The lowest BCUT2D eigenvalue weighted by Gasteiger charge is -2.47. The maximum absolute atomic E-state index is 15.7. The van der Waals surface area contributed by atoms with Gasteiger partial charge in [-0.1, -0.05) is 92.6 Å². The van der Waals surface area contributed by atoms with Crippen molar-refractivity contribution in [3.63, 3.8) is 0 Å². The first kappa shape index (κ1) is 30.6. The van der Waals surface area contributed by atoms with E-state index >= 15 is 35.1 Å². The van der Waals surface area contributed by atoms with Gasteiger partial charge < -0.3 is 0 Å². The largest absolute Gasteiger partial charge is 0.242 e. The average Bonchev–Trinajstić information content (AvgIpc) is 2.92. The fourth-order valence-corrected chi connectivity index (χ4v) is 5.60. The van der Waals surface area contributed by atoms with E-state index in [0.717, 1.165) is 72.9 Å². The Morgan fingerprint density at radius 1 is 0.619 bits per heavy atom. The molecule has 2 unspecified atom stereocenters. The van der Waals surface area contributed by atoms with E-state index in [1.165, 1.54) is 6.92 Å². The Labute approximate surface area is 238 Å². The summed E-state index contributed by atoms with van der Waals surface area (Å²) in [6.45, 7) is 14.8. The summed E-state index contributed by atoms with van der Waals surface area (Å²) >= 11 is 0. The number of hydrogen-bond acceptors (Lipinski definition) is 0. The van der Waals surface area contributed by atoms with Gasteiger partial charge in [0, 0.05) is 16.7 Å². The Morgan fingerprint density at radius 2 is 0.929 bits per heavy atom. The highest BCUT2D eigenvalue weighted by atomic mass is 19.2. The number of alkyl halides is 1.